The van der Waals surface area contributed by atoms with E-state index in [2.05, 4.69) is 36.1 Å². The lowest BCUT2D eigenvalue weighted by atomic mass is 9.78. The van der Waals surface area contributed by atoms with Crippen LogP contribution in [-0.4, -0.2) is 53.9 Å². The predicted octanol–water partition coefficient (Wildman–Crippen LogP) is 5.64. The van der Waals surface area contributed by atoms with E-state index in [1.54, 1.807) is 0 Å². The monoisotopic (exact) mass is 432 g/mol. The summed E-state index contributed by atoms with van der Waals surface area (Å²) >= 11 is 0. The molecule has 3 aliphatic rings. The van der Waals surface area contributed by atoms with Gasteiger partial charge in [-0.25, -0.2) is 8.78 Å². The number of carbonyl (C=O) groups is 1. The van der Waals surface area contributed by atoms with E-state index in [1.807, 2.05) is 18.0 Å². The molecule has 2 heterocycles. The molecule has 0 radical (unpaired) electrons. The summed E-state index contributed by atoms with van der Waals surface area (Å²) < 4.78 is 27.1. The highest BCUT2D eigenvalue weighted by Gasteiger charge is 2.41. The quantitative estimate of drug-likeness (QED) is 0.557. The van der Waals surface area contributed by atoms with Crippen molar-refractivity contribution in [2.75, 3.05) is 20.1 Å². The third kappa shape index (κ3) is 5.13. The van der Waals surface area contributed by atoms with E-state index in [1.165, 1.54) is 37.7 Å². The van der Waals surface area contributed by atoms with Crippen LogP contribution in [0.4, 0.5) is 8.78 Å². The van der Waals surface area contributed by atoms with Crippen LogP contribution in [0.25, 0.3) is 0 Å². The number of fused-ring (bicyclic) bond motifs is 2. The van der Waals surface area contributed by atoms with Crippen LogP contribution in [-0.2, 0) is 10.2 Å². The lowest BCUT2D eigenvalue weighted by Gasteiger charge is -2.40. The molecule has 0 N–H and O–H groups in total. The summed E-state index contributed by atoms with van der Waals surface area (Å²) in [6.45, 7) is 3.97. The van der Waals surface area contributed by atoms with Crippen molar-refractivity contribution < 1.29 is 13.6 Å². The van der Waals surface area contributed by atoms with E-state index < -0.39 is 5.92 Å². The van der Waals surface area contributed by atoms with Gasteiger partial charge >= 0.3 is 0 Å². The van der Waals surface area contributed by atoms with E-state index in [9.17, 15) is 13.6 Å². The molecule has 2 aliphatic heterocycles. The average molecular weight is 433 g/mol. The number of hydrogen-bond acceptors (Lipinski definition) is 2. The fraction of sp³-hybridized carbons (Fsp3) is 0.731. The summed E-state index contributed by atoms with van der Waals surface area (Å²) in [5, 5.41) is 0. The molecule has 2 saturated heterocycles. The van der Waals surface area contributed by atoms with E-state index >= 15 is 0 Å². The Morgan fingerprint density at radius 1 is 1.06 bits per heavy atom. The van der Waals surface area contributed by atoms with Crippen LogP contribution in [0.2, 0.25) is 0 Å². The molecule has 172 valence electrons. The second kappa shape index (κ2) is 9.17. The standard InChI is InChI=1S/C26H38F2N2O/c1-25(21-7-4-3-5-8-21,17-18-30-22-9-6-10-23(30)12-11-22)19-29(2)24(31)20-13-15-26(27,28)16-14-20/h3-5,7-8,20,22-23H,6,9-19H2,1-2H3/t22-,23+,25?. The van der Waals surface area contributed by atoms with Gasteiger partial charge in [-0.05, 0) is 57.1 Å². The zero-order valence-electron chi connectivity index (χ0n) is 19.2. The zero-order chi connectivity index (χ0) is 22.1. The van der Waals surface area contributed by atoms with Crippen LogP contribution in [0.15, 0.2) is 30.3 Å². The number of likely N-dealkylation sites (N-methyl/N-ethyl adjacent to an activating group) is 1. The van der Waals surface area contributed by atoms with Crippen LogP contribution in [0.1, 0.15) is 76.7 Å². The Labute approximate surface area is 186 Å². The molecule has 31 heavy (non-hydrogen) atoms. The maximum absolute atomic E-state index is 13.6. The molecular weight excluding hydrogens is 394 g/mol. The molecule has 0 spiro atoms. The van der Waals surface area contributed by atoms with Gasteiger partial charge in [-0.1, -0.05) is 43.7 Å². The highest BCUT2D eigenvalue weighted by molar-refractivity contribution is 5.78. The Morgan fingerprint density at radius 2 is 1.68 bits per heavy atom. The molecule has 3 fully saturated rings. The first kappa shape index (κ1) is 22.7. The summed E-state index contributed by atoms with van der Waals surface area (Å²) in [7, 11) is 1.86. The molecule has 4 rings (SSSR count). The first-order valence-corrected chi connectivity index (χ1v) is 12.2. The van der Waals surface area contributed by atoms with Gasteiger partial charge in [0.05, 0.1) is 0 Å². The minimum absolute atomic E-state index is 0.0377. The summed E-state index contributed by atoms with van der Waals surface area (Å²) in [6, 6.07) is 12.0. The number of benzene rings is 1. The molecule has 1 aromatic rings. The number of amides is 1. The van der Waals surface area contributed by atoms with Crippen molar-refractivity contribution in [3.63, 3.8) is 0 Å². The second-order valence-corrected chi connectivity index (χ2v) is 10.6. The average Bonchev–Trinajstić information content (AvgIpc) is 2.98. The number of alkyl halides is 2. The summed E-state index contributed by atoms with van der Waals surface area (Å²) in [6.07, 6.45) is 7.95. The van der Waals surface area contributed by atoms with Crippen molar-refractivity contribution in [3.8, 4) is 0 Å². The molecule has 1 aliphatic carbocycles. The van der Waals surface area contributed by atoms with Gasteiger partial charge < -0.3 is 4.90 Å². The smallest absolute Gasteiger partial charge is 0.248 e. The third-order valence-corrected chi connectivity index (χ3v) is 8.27. The molecule has 3 atom stereocenters. The summed E-state index contributed by atoms with van der Waals surface area (Å²) in [5.74, 6) is -2.82. The van der Waals surface area contributed by atoms with Gasteiger partial charge in [0.25, 0.3) is 0 Å². The molecule has 0 aromatic heterocycles. The van der Waals surface area contributed by atoms with Crippen molar-refractivity contribution in [2.45, 2.75) is 94.6 Å². The van der Waals surface area contributed by atoms with Gasteiger partial charge in [-0.2, -0.15) is 0 Å². The normalized spacial score (nSPS) is 28.3. The van der Waals surface area contributed by atoms with Gasteiger partial charge in [-0.3, -0.25) is 9.69 Å². The predicted molar refractivity (Wildman–Crippen MR) is 120 cm³/mol. The number of hydrogen-bond donors (Lipinski definition) is 0. The largest absolute Gasteiger partial charge is 0.345 e. The van der Waals surface area contributed by atoms with E-state index in [4.69, 9.17) is 0 Å². The number of nitrogens with zero attached hydrogens (tertiary/aromatic N) is 2. The van der Waals surface area contributed by atoms with Crippen LogP contribution in [0, 0.1) is 5.92 Å². The molecule has 1 aromatic carbocycles. The van der Waals surface area contributed by atoms with E-state index in [0.29, 0.717) is 19.4 Å². The lowest BCUT2D eigenvalue weighted by molar-refractivity contribution is -0.139. The molecule has 1 saturated carbocycles. The molecular formula is C26H38F2N2O. The third-order valence-electron chi connectivity index (χ3n) is 8.27. The molecule has 2 bridgehead atoms. The molecule has 1 amide bonds. The molecule has 5 heteroatoms. The van der Waals surface area contributed by atoms with Crippen molar-refractivity contribution in [3.05, 3.63) is 35.9 Å². The fourth-order valence-corrected chi connectivity index (χ4v) is 6.32. The van der Waals surface area contributed by atoms with Crippen molar-refractivity contribution in [1.29, 1.82) is 0 Å². The fourth-order valence-electron chi connectivity index (χ4n) is 6.32. The Bertz CT molecular complexity index is 729. The Hall–Kier alpha value is -1.49. The van der Waals surface area contributed by atoms with Gasteiger partial charge in [0.15, 0.2) is 0 Å². The zero-order valence-corrected chi connectivity index (χ0v) is 19.2. The maximum Gasteiger partial charge on any atom is 0.248 e. The second-order valence-electron chi connectivity index (χ2n) is 10.6. The van der Waals surface area contributed by atoms with Crippen LogP contribution in [0.3, 0.4) is 0 Å². The number of halogens is 2. The lowest BCUT2D eigenvalue weighted by Crippen LogP contribution is -2.47. The number of piperidine rings is 1. The highest BCUT2D eigenvalue weighted by atomic mass is 19.3. The highest BCUT2D eigenvalue weighted by Crippen LogP contribution is 2.39. The molecule has 3 nitrogen and oxygen atoms in total. The number of carbonyl (C=O) groups excluding carboxylic acids is 1. The van der Waals surface area contributed by atoms with E-state index in [0.717, 1.165) is 25.0 Å². The maximum atomic E-state index is 13.6. The van der Waals surface area contributed by atoms with Crippen LogP contribution in [0.5, 0.6) is 0 Å². The first-order chi connectivity index (χ1) is 14.8. The van der Waals surface area contributed by atoms with Crippen LogP contribution >= 0.6 is 0 Å². The van der Waals surface area contributed by atoms with Crippen molar-refractivity contribution in [1.82, 2.24) is 9.80 Å². The summed E-state index contributed by atoms with van der Waals surface area (Å²) in [4.78, 5) is 17.7. The van der Waals surface area contributed by atoms with Gasteiger partial charge in [0.2, 0.25) is 11.8 Å². The Kier molecular flexibility index (Phi) is 6.71. The van der Waals surface area contributed by atoms with Crippen molar-refractivity contribution >= 4 is 5.91 Å². The Balaban J connectivity index is 1.44. The first-order valence-electron chi connectivity index (χ1n) is 12.2. The van der Waals surface area contributed by atoms with Crippen LogP contribution < -0.4 is 0 Å². The topological polar surface area (TPSA) is 23.6 Å². The minimum atomic E-state index is -2.60. The Morgan fingerprint density at radius 3 is 2.29 bits per heavy atom. The van der Waals surface area contributed by atoms with E-state index in [-0.39, 0.29) is 30.1 Å². The van der Waals surface area contributed by atoms with Gasteiger partial charge in [0, 0.05) is 49.9 Å². The number of rotatable bonds is 7. The van der Waals surface area contributed by atoms with Crippen molar-refractivity contribution in [2.24, 2.45) is 5.92 Å². The minimum Gasteiger partial charge on any atom is -0.345 e. The van der Waals surface area contributed by atoms with Gasteiger partial charge in [-0.15, -0.1) is 0 Å². The van der Waals surface area contributed by atoms with Gasteiger partial charge in [0.1, 0.15) is 0 Å². The molecule has 1 unspecified atom stereocenters. The SMILES string of the molecule is CN(CC(C)(CCN1[C@@H]2CCC[C@H]1CC2)c1ccccc1)C(=O)C1CCC(F)(F)CC1. The summed E-state index contributed by atoms with van der Waals surface area (Å²) in [5.41, 5.74) is 1.11.